The summed E-state index contributed by atoms with van der Waals surface area (Å²) in [5.41, 5.74) is 0.963. The lowest BCUT2D eigenvalue weighted by Gasteiger charge is -2.38. The zero-order valence-corrected chi connectivity index (χ0v) is 14.5. The van der Waals surface area contributed by atoms with E-state index in [2.05, 4.69) is 18.9 Å². The zero-order valence-electron chi connectivity index (χ0n) is 12.1. The molecule has 7 heteroatoms. The van der Waals surface area contributed by atoms with Gasteiger partial charge in [0.1, 0.15) is 4.21 Å². The van der Waals surface area contributed by atoms with Crippen molar-refractivity contribution in [1.29, 1.82) is 0 Å². The summed E-state index contributed by atoms with van der Waals surface area (Å²) in [5, 5.41) is 0. The first kappa shape index (κ1) is 16.2. The molecule has 20 heavy (non-hydrogen) atoms. The van der Waals surface area contributed by atoms with Gasteiger partial charge in [0.05, 0.1) is 5.88 Å². The lowest BCUT2D eigenvalue weighted by atomic mass is 10.1. The van der Waals surface area contributed by atoms with Gasteiger partial charge in [0, 0.05) is 30.6 Å². The summed E-state index contributed by atoms with van der Waals surface area (Å²) < 4.78 is 27.5. The molecule has 1 aromatic heterocycles. The lowest BCUT2D eigenvalue weighted by molar-refractivity contribution is 0.144. The minimum absolute atomic E-state index is 0.298. The number of aryl methyl sites for hydroxylation is 1. The first-order chi connectivity index (χ1) is 9.40. The molecule has 114 valence electrons. The maximum atomic E-state index is 12.7. The van der Waals surface area contributed by atoms with Crippen LogP contribution in [0.25, 0.3) is 0 Å². The molecule has 2 rings (SSSR count). The Morgan fingerprint density at radius 3 is 2.70 bits per heavy atom. The van der Waals surface area contributed by atoms with Crippen LogP contribution in [0.1, 0.15) is 23.8 Å². The number of rotatable bonds is 4. The van der Waals surface area contributed by atoms with Crippen molar-refractivity contribution in [2.45, 2.75) is 36.4 Å². The second-order valence-electron chi connectivity index (χ2n) is 5.21. The summed E-state index contributed by atoms with van der Waals surface area (Å²) in [6.07, 6.45) is 0.957. The van der Waals surface area contributed by atoms with E-state index in [0.717, 1.165) is 23.4 Å². The third-order valence-corrected chi connectivity index (χ3v) is 7.90. The molecule has 4 nitrogen and oxygen atoms in total. The van der Waals surface area contributed by atoms with Gasteiger partial charge >= 0.3 is 0 Å². The van der Waals surface area contributed by atoms with Crippen molar-refractivity contribution in [3.63, 3.8) is 0 Å². The highest BCUT2D eigenvalue weighted by Crippen LogP contribution is 2.30. The normalized spacial score (nSPS) is 22.3. The van der Waals surface area contributed by atoms with Crippen LogP contribution < -0.4 is 0 Å². The Bertz CT molecular complexity index is 571. The fourth-order valence-electron chi connectivity index (χ4n) is 2.45. The summed E-state index contributed by atoms with van der Waals surface area (Å²) in [7, 11) is -1.32. The second-order valence-corrected chi connectivity index (χ2v) is 8.78. The predicted molar refractivity (Wildman–Crippen MR) is 84.1 cm³/mol. The molecule has 1 saturated heterocycles. The van der Waals surface area contributed by atoms with Crippen LogP contribution in [0.3, 0.4) is 0 Å². The highest BCUT2D eigenvalue weighted by molar-refractivity contribution is 7.91. The first-order valence-corrected chi connectivity index (χ1v) is 9.55. The van der Waals surface area contributed by atoms with Gasteiger partial charge in [-0.25, -0.2) is 8.42 Å². The van der Waals surface area contributed by atoms with Crippen LogP contribution in [0.15, 0.2) is 10.3 Å². The van der Waals surface area contributed by atoms with Gasteiger partial charge in [0.2, 0.25) is 0 Å². The van der Waals surface area contributed by atoms with Gasteiger partial charge in [-0.1, -0.05) is 6.92 Å². The summed E-state index contributed by atoms with van der Waals surface area (Å²) in [5.74, 6) is 0.367. The lowest BCUT2D eigenvalue weighted by Crippen LogP contribution is -2.52. The molecule has 0 N–H and O–H groups in total. The summed E-state index contributed by atoms with van der Waals surface area (Å²) in [4.78, 5) is 3.17. The first-order valence-electron chi connectivity index (χ1n) is 6.75. The number of likely N-dealkylation sites (N-methyl/N-ethyl adjacent to an activating group) is 1. The molecule has 0 aliphatic carbocycles. The number of thiophene rings is 1. The van der Waals surface area contributed by atoms with Crippen molar-refractivity contribution >= 4 is 33.0 Å². The SMILES string of the molecule is CCC1CN(S(=O)(=O)c2cc(C)c(CCl)s2)CCN1C. The number of nitrogens with zero attached hydrogens (tertiary/aromatic N) is 2. The third-order valence-electron chi connectivity index (χ3n) is 3.92. The average molecular weight is 337 g/mol. The van der Waals surface area contributed by atoms with E-state index < -0.39 is 10.0 Å². The molecule has 1 aliphatic heterocycles. The van der Waals surface area contributed by atoms with Crippen molar-refractivity contribution in [1.82, 2.24) is 9.21 Å². The topological polar surface area (TPSA) is 40.6 Å². The molecule has 0 spiro atoms. The van der Waals surface area contributed by atoms with Crippen LogP contribution in [0.2, 0.25) is 0 Å². The summed E-state index contributed by atoms with van der Waals surface area (Å²) in [6, 6.07) is 2.05. The van der Waals surface area contributed by atoms with Gasteiger partial charge in [-0.15, -0.1) is 22.9 Å². The smallest absolute Gasteiger partial charge is 0.252 e. The van der Waals surface area contributed by atoms with E-state index in [0.29, 0.717) is 29.2 Å². The maximum Gasteiger partial charge on any atom is 0.252 e. The van der Waals surface area contributed by atoms with Crippen LogP contribution in [0, 0.1) is 6.92 Å². The number of alkyl halides is 1. The minimum atomic E-state index is -3.37. The van der Waals surface area contributed by atoms with Crippen LogP contribution in [-0.4, -0.2) is 50.3 Å². The molecule has 0 radical (unpaired) electrons. The van der Waals surface area contributed by atoms with Crippen molar-refractivity contribution in [3.8, 4) is 0 Å². The third kappa shape index (κ3) is 3.04. The molecular formula is C13H21ClN2O2S2. The highest BCUT2D eigenvalue weighted by Gasteiger charge is 2.33. The predicted octanol–water partition coefficient (Wildman–Crippen LogP) is 2.51. The number of hydrogen-bond acceptors (Lipinski definition) is 4. The molecule has 0 bridgehead atoms. The average Bonchev–Trinajstić information content (AvgIpc) is 2.81. The van der Waals surface area contributed by atoms with Crippen molar-refractivity contribution in [2.75, 3.05) is 26.7 Å². The molecule has 0 amide bonds. The van der Waals surface area contributed by atoms with E-state index in [1.165, 1.54) is 11.3 Å². The molecule has 1 aliphatic rings. The Kier molecular flexibility index (Phi) is 5.13. The van der Waals surface area contributed by atoms with Gasteiger partial charge in [0.25, 0.3) is 10.0 Å². The Labute approximate surface area is 130 Å². The van der Waals surface area contributed by atoms with E-state index in [4.69, 9.17) is 11.6 Å². The molecule has 1 atom stereocenters. The number of halogens is 1. The van der Waals surface area contributed by atoms with Crippen LogP contribution in [0.5, 0.6) is 0 Å². The Balaban J connectivity index is 2.25. The summed E-state index contributed by atoms with van der Waals surface area (Å²) >= 11 is 7.14. The number of hydrogen-bond donors (Lipinski definition) is 0. The van der Waals surface area contributed by atoms with E-state index in [-0.39, 0.29) is 0 Å². The molecule has 1 fully saturated rings. The quantitative estimate of drug-likeness (QED) is 0.793. The number of piperazine rings is 1. The Hall–Kier alpha value is -0.140. The van der Waals surface area contributed by atoms with E-state index >= 15 is 0 Å². The fourth-order valence-corrected chi connectivity index (χ4v) is 5.89. The van der Waals surface area contributed by atoms with E-state index in [9.17, 15) is 8.42 Å². The van der Waals surface area contributed by atoms with Gasteiger partial charge in [-0.05, 0) is 32.0 Å². The molecule has 2 heterocycles. The van der Waals surface area contributed by atoms with Crippen molar-refractivity contribution < 1.29 is 8.42 Å². The summed E-state index contributed by atoms with van der Waals surface area (Å²) in [6.45, 7) is 5.92. The van der Waals surface area contributed by atoms with Gasteiger partial charge in [-0.3, -0.25) is 0 Å². The van der Waals surface area contributed by atoms with Crippen LogP contribution in [0.4, 0.5) is 0 Å². The molecule has 0 aromatic carbocycles. The zero-order chi connectivity index (χ0) is 14.9. The van der Waals surface area contributed by atoms with Crippen molar-refractivity contribution in [3.05, 3.63) is 16.5 Å². The second kappa shape index (κ2) is 6.32. The fraction of sp³-hybridized carbons (Fsp3) is 0.692. The number of sulfonamides is 1. The monoisotopic (exact) mass is 336 g/mol. The van der Waals surface area contributed by atoms with E-state index in [1.54, 1.807) is 10.4 Å². The largest absolute Gasteiger partial charge is 0.301 e. The maximum absolute atomic E-state index is 12.7. The molecule has 1 aromatic rings. The minimum Gasteiger partial charge on any atom is -0.301 e. The Morgan fingerprint density at radius 2 is 2.15 bits per heavy atom. The van der Waals surface area contributed by atoms with E-state index in [1.807, 2.05) is 6.92 Å². The molecule has 0 saturated carbocycles. The van der Waals surface area contributed by atoms with Gasteiger partial charge in [-0.2, -0.15) is 4.31 Å². The molecular weight excluding hydrogens is 316 g/mol. The van der Waals surface area contributed by atoms with Crippen molar-refractivity contribution in [2.24, 2.45) is 0 Å². The van der Waals surface area contributed by atoms with Crippen LogP contribution >= 0.6 is 22.9 Å². The Morgan fingerprint density at radius 1 is 1.45 bits per heavy atom. The molecule has 1 unspecified atom stereocenters. The van der Waals surface area contributed by atoms with Gasteiger partial charge in [0.15, 0.2) is 0 Å². The van der Waals surface area contributed by atoms with Gasteiger partial charge < -0.3 is 4.90 Å². The van der Waals surface area contributed by atoms with Crippen LogP contribution in [-0.2, 0) is 15.9 Å². The highest BCUT2D eigenvalue weighted by atomic mass is 35.5. The standard InChI is InChI=1S/C13H21ClN2O2S2/c1-4-11-9-16(6-5-15(11)3)20(17,18)13-7-10(2)12(8-14)19-13/h7,11H,4-6,8-9H2,1-3H3.